The van der Waals surface area contributed by atoms with Crippen LogP contribution >= 0.6 is 11.6 Å². The Balaban J connectivity index is 2.71. The quantitative estimate of drug-likeness (QED) is 0.848. The highest BCUT2D eigenvalue weighted by Crippen LogP contribution is 2.26. The number of carbonyl (C=O) groups excluding carboxylic acids is 1. The van der Waals surface area contributed by atoms with Gasteiger partial charge in [0.2, 0.25) is 0 Å². The Morgan fingerprint density at radius 2 is 2.05 bits per heavy atom. The van der Waals surface area contributed by atoms with Crippen LogP contribution in [-0.2, 0) is 16.1 Å². The van der Waals surface area contributed by atoms with Gasteiger partial charge in [-0.3, -0.25) is 0 Å². The summed E-state index contributed by atoms with van der Waals surface area (Å²) in [6, 6.07) is 5.52. The summed E-state index contributed by atoms with van der Waals surface area (Å²) in [4.78, 5) is 11.3. The number of nitrogens with one attached hydrogen (secondary N) is 1. The topological polar surface area (TPSA) is 47.6 Å². The highest BCUT2D eigenvalue weighted by molar-refractivity contribution is 6.32. The van der Waals surface area contributed by atoms with Gasteiger partial charge in [-0.15, -0.1) is 0 Å². The Hall–Kier alpha value is -1.26. The molecule has 1 rings (SSSR count). The first-order chi connectivity index (χ1) is 9.23. The minimum absolute atomic E-state index is 0.0427. The van der Waals surface area contributed by atoms with E-state index < -0.39 is 12.1 Å². The first-order valence-corrected chi connectivity index (χ1v) is 6.88. The molecule has 1 N–H and O–H groups in total. The molecule has 1 atom stereocenters. The van der Waals surface area contributed by atoms with E-state index in [4.69, 9.17) is 16.3 Å². The molecule has 0 aliphatic heterocycles. The maximum absolute atomic E-state index is 11.3. The van der Waals surface area contributed by atoms with E-state index in [1.165, 1.54) is 7.11 Å². The molecule has 4 nitrogen and oxygen atoms in total. The second-order valence-corrected chi connectivity index (χ2v) is 6.06. The number of methoxy groups -OCH3 is 1. The Bertz CT molecular complexity index is 469. The molecule has 0 radical (unpaired) electrons. The lowest BCUT2D eigenvalue weighted by molar-refractivity contribution is -0.147. The van der Waals surface area contributed by atoms with Gasteiger partial charge >= 0.3 is 5.97 Å². The minimum atomic E-state index is -0.684. The van der Waals surface area contributed by atoms with Gasteiger partial charge in [0.05, 0.1) is 12.1 Å². The molecule has 0 amide bonds. The van der Waals surface area contributed by atoms with Crippen molar-refractivity contribution in [1.82, 2.24) is 5.32 Å². The van der Waals surface area contributed by atoms with Gasteiger partial charge in [0.1, 0.15) is 5.75 Å². The van der Waals surface area contributed by atoms with Crippen molar-refractivity contribution < 1.29 is 14.3 Å². The molecule has 1 aromatic rings. The molecule has 0 heterocycles. The SMILES string of the molecule is COC(=O)C(C)Oc1ccc(CNC(C)(C)C)cc1Cl. The van der Waals surface area contributed by atoms with E-state index in [1.54, 1.807) is 13.0 Å². The molecule has 0 saturated heterocycles. The van der Waals surface area contributed by atoms with Crippen LogP contribution in [0.3, 0.4) is 0 Å². The van der Waals surface area contributed by atoms with E-state index in [0.29, 0.717) is 10.8 Å². The lowest BCUT2D eigenvalue weighted by Gasteiger charge is -2.21. The lowest BCUT2D eigenvalue weighted by atomic mass is 10.1. The zero-order valence-electron chi connectivity index (χ0n) is 12.6. The predicted octanol–water partition coefficient (Wildman–Crippen LogP) is 3.17. The third-order valence-electron chi connectivity index (χ3n) is 2.66. The molecule has 1 unspecified atom stereocenters. The monoisotopic (exact) mass is 299 g/mol. The van der Waals surface area contributed by atoms with Crippen LogP contribution in [0, 0.1) is 0 Å². The van der Waals surface area contributed by atoms with Crippen molar-refractivity contribution >= 4 is 17.6 Å². The van der Waals surface area contributed by atoms with Gasteiger partial charge in [-0.25, -0.2) is 4.79 Å². The summed E-state index contributed by atoms with van der Waals surface area (Å²) in [7, 11) is 1.32. The number of hydrogen-bond acceptors (Lipinski definition) is 4. The number of hydrogen-bond donors (Lipinski definition) is 1. The van der Waals surface area contributed by atoms with Crippen molar-refractivity contribution in [2.45, 2.75) is 45.9 Å². The van der Waals surface area contributed by atoms with Crippen LogP contribution in [-0.4, -0.2) is 24.7 Å². The largest absolute Gasteiger partial charge is 0.477 e. The fraction of sp³-hybridized carbons (Fsp3) is 0.533. The molecule has 0 aliphatic carbocycles. The third-order valence-corrected chi connectivity index (χ3v) is 2.95. The van der Waals surface area contributed by atoms with Crippen LogP contribution in [0.5, 0.6) is 5.75 Å². The summed E-state index contributed by atoms with van der Waals surface area (Å²) in [5, 5.41) is 3.86. The Kier molecular flexibility index (Phi) is 5.84. The predicted molar refractivity (Wildman–Crippen MR) is 80.2 cm³/mol. The number of benzene rings is 1. The summed E-state index contributed by atoms with van der Waals surface area (Å²) in [6.45, 7) is 8.64. The fourth-order valence-electron chi connectivity index (χ4n) is 1.52. The second-order valence-electron chi connectivity index (χ2n) is 5.65. The van der Waals surface area contributed by atoms with Crippen LogP contribution in [0.2, 0.25) is 5.02 Å². The molecule has 5 heteroatoms. The Morgan fingerprint density at radius 1 is 1.40 bits per heavy atom. The molecule has 0 aliphatic rings. The van der Waals surface area contributed by atoms with Gasteiger partial charge in [0.25, 0.3) is 0 Å². The average molecular weight is 300 g/mol. The zero-order valence-corrected chi connectivity index (χ0v) is 13.4. The second kappa shape index (κ2) is 6.95. The van der Waals surface area contributed by atoms with Crippen LogP contribution in [0.1, 0.15) is 33.3 Å². The van der Waals surface area contributed by atoms with Gasteiger partial charge in [-0.2, -0.15) is 0 Å². The van der Waals surface area contributed by atoms with E-state index >= 15 is 0 Å². The van der Waals surface area contributed by atoms with Gasteiger partial charge in [0, 0.05) is 12.1 Å². The van der Waals surface area contributed by atoms with E-state index in [-0.39, 0.29) is 5.54 Å². The number of ether oxygens (including phenoxy) is 2. The number of carbonyl (C=O) groups is 1. The smallest absolute Gasteiger partial charge is 0.346 e. The third kappa shape index (κ3) is 5.39. The van der Waals surface area contributed by atoms with Crippen LogP contribution < -0.4 is 10.1 Å². The Labute approximate surface area is 125 Å². The summed E-state index contributed by atoms with van der Waals surface area (Å²) < 4.78 is 10.1. The summed E-state index contributed by atoms with van der Waals surface area (Å²) in [5.41, 5.74) is 1.10. The molecule has 0 spiro atoms. The number of esters is 1. The van der Waals surface area contributed by atoms with Crippen molar-refractivity contribution in [2.24, 2.45) is 0 Å². The Morgan fingerprint density at radius 3 is 2.55 bits per heavy atom. The molecular weight excluding hydrogens is 278 g/mol. The number of halogens is 1. The van der Waals surface area contributed by atoms with Crippen LogP contribution in [0.4, 0.5) is 0 Å². The highest BCUT2D eigenvalue weighted by atomic mass is 35.5. The van der Waals surface area contributed by atoms with E-state index in [1.807, 2.05) is 12.1 Å². The highest BCUT2D eigenvalue weighted by Gasteiger charge is 2.16. The van der Waals surface area contributed by atoms with Crippen molar-refractivity contribution in [3.8, 4) is 5.75 Å². The normalized spacial score (nSPS) is 12.9. The summed E-state index contributed by atoms with van der Waals surface area (Å²) in [6.07, 6.45) is -0.684. The van der Waals surface area contributed by atoms with Gasteiger partial charge < -0.3 is 14.8 Å². The van der Waals surface area contributed by atoms with Crippen molar-refractivity contribution in [2.75, 3.05) is 7.11 Å². The summed E-state index contributed by atoms with van der Waals surface area (Å²) in [5.74, 6) is 0.0450. The van der Waals surface area contributed by atoms with Crippen molar-refractivity contribution in [3.05, 3.63) is 28.8 Å². The maximum Gasteiger partial charge on any atom is 0.346 e. The molecule has 20 heavy (non-hydrogen) atoms. The lowest BCUT2D eigenvalue weighted by Crippen LogP contribution is -2.35. The molecular formula is C15H22ClNO3. The first-order valence-electron chi connectivity index (χ1n) is 6.51. The van der Waals surface area contributed by atoms with Crippen molar-refractivity contribution in [3.63, 3.8) is 0 Å². The van der Waals surface area contributed by atoms with E-state index in [0.717, 1.165) is 12.1 Å². The molecule has 0 saturated carbocycles. The van der Waals surface area contributed by atoms with E-state index in [2.05, 4.69) is 30.8 Å². The number of rotatable bonds is 5. The van der Waals surface area contributed by atoms with E-state index in [9.17, 15) is 4.79 Å². The summed E-state index contributed by atoms with van der Waals surface area (Å²) >= 11 is 6.17. The molecule has 0 bridgehead atoms. The van der Waals surface area contributed by atoms with Gasteiger partial charge in [0.15, 0.2) is 6.10 Å². The van der Waals surface area contributed by atoms with Crippen molar-refractivity contribution in [1.29, 1.82) is 0 Å². The molecule has 1 aromatic carbocycles. The van der Waals surface area contributed by atoms with Gasteiger partial charge in [-0.05, 0) is 45.4 Å². The standard InChI is InChI=1S/C15H22ClNO3/c1-10(14(18)19-5)20-13-7-6-11(8-12(13)16)9-17-15(2,3)4/h6-8,10,17H,9H2,1-5H3. The fourth-order valence-corrected chi connectivity index (χ4v) is 1.77. The molecule has 112 valence electrons. The average Bonchev–Trinajstić information content (AvgIpc) is 2.37. The first kappa shape index (κ1) is 16.8. The minimum Gasteiger partial charge on any atom is -0.477 e. The molecule has 0 fully saturated rings. The van der Waals surface area contributed by atoms with Crippen LogP contribution in [0.15, 0.2) is 18.2 Å². The van der Waals surface area contributed by atoms with Gasteiger partial charge in [-0.1, -0.05) is 17.7 Å². The van der Waals surface area contributed by atoms with Crippen LogP contribution in [0.25, 0.3) is 0 Å². The molecule has 0 aromatic heterocycles. The zero-order chi connectivity index (χ0) is 15.3. The maximum atomic E-state index is 11.3.